The minimum atomic E-state index is -0.515. The Morgan fingerprint density at radius 1 is 1.18 bits per heavy atom. The van der Waals surface area contributed by atoms with Gasteiger partial charge in [-0.1, -0.05) is 19.3 Å². The Kier molecular flexibility index (Phi) is 5.38. The lowest BCUT2D eigenvalue weighted by Crippen LogP contribution is -2.22. The molecule has 2 aromatic rings. The van der Waals surface area contributed by atoms with Crippen molar-refractivity contribution in [2.75, 3.05) is 5.32 Å². The summed E-state index contributed by atoms with van der Waals surface area (Å²) in [5, 5.41) is 5.14. The highest BCUT2D eigenvalue weighted by atomic mass is 32.2. The van der Waals surface area contributed by atoms with E-state index < -0.39 is 17.0 Å². The summed E-state index contributed by atoms with van der Waals surface area (Å²) in [5.41, 5.74) is 1.51. The first kappa shape index (κ1) is 18.6. The summed E-state index contributed by atoms with van der Waals surface area (Å²) in [6, 6.07) is 4.96. The van der Waals surface area contributed by atoms with Gasteiger partial charge in [-0.2, -0.15) is 0 Å². The number of carbonyl (C=O) groups is 2. The second kappa shape index (κ2) is 8.10. The minimum absolute atomic E-state index is 0.167. The first-order chi connectivity index (χ1) is 13.6. The van der Waals surface area contributed by atoms with Gasteiger partial charge < -0.3 is 5.32 Å². The number of rotatable bonds is 4. The van der Waals surface area contributed by atoms with Crippen LogP contribution in [0.3, 0.4) is 0 Å². The summed E-state index contributed by atoms with van der Waals surface area (Å²) in [7, 11) is 0. The van der Waals surface area contributed by atoms with Gasteiger partial charge in [0.2, 0.25) is 0 Å². The third kappa shape index (κ3) is 4.22. The lowest BCUT2D eigenvalue weighted by Gasteiger charge is -2.23. The van der Waals surface area contributed by atoms with Crippen LogP contribution in [0.1, 0.15) is 37.7 Å². The average molecular weight is 398 g/mol. The van der Waals surface area contributed by atoms with Crippen LogP contribution < -0.4 is 10.6 Å². The van der Waals surface area contributed by atoms with E-state index in [1.54, 1.807) is 24.5 Å². The number of halogens is 1. The molecule has 1 aromatic heterocycles. The zero-order chi connectivity index (χ0) is 19.5. The Bertz CT molecular complexity index is 957. The Labute approximate surface area is 166 Å². The van der Waals surface area contributed by atoms with E-state index in [0.29, 0.717) is 23.1 Å². The van der Waals surface area contributed by atoms with Gasteiger partial charge in [0.05, 0.1) is 23.0 Å². The SMILES string of the molecule is O=C1NC(=O)/C(=C/c2cc(-c3cncc(NC4CCCCC4)n3)ccc2F)S1. The van der Waals surface area contributed by atoms with Gasteiger partial charge in [0.25, 0.3) is 11.1 Å². The van der Waals surface area contributed by atoms with E-state index in [2.05, 4.69) is 20.6 Å². The van der Waals surface area contributed by atoms with Crippen molar-refractivity contribution in [1.29, 1.82) is 0 Å². The second-order valence-electron chi connectivity index (χ2n) is 6.86. The first-order valence-corrected chi connectivity index (χ1v) is 10.0. The van der Waals surface area contributed by atoms with Gasteiger partial charge in [0.1, 0.15) is 11.6 Å². The molecule has 0 unspecified atom stereocenters. The highest BCUT2D eigenvalue weighted by Crippen LogP contribution is 2.29. The van der Waals surface area contributed by atoms with Gasteiger partial charge in [-0.05, 0) is 48.9 Å². The molecule has 0 radical (unpaired) electrons. The number of carbonyl (C=O) groups excluding carboxylic acids is 2. The number of imide groups is 1. The smallest absolute Gasteiger partial charge is 0.290 e. The molecule has 2 fully saturated rings. The summed E-state index contributed by atoms with van der Waals surface area (Å²) in [6.07, 6.45) is 10.6. The lowest BCUT2D eigenvalue weighted by molar-refractivity contribution is -0.115. The third-order valence-corrected chi connectivity index (χ3v) is 5.62. The normalized spacial score (nSPS) is 19.1. The molecular weight excluding hydrogens is 379 g/mol. The fourth-order valence-corrected chi connectivity index (χ4v) is 4.08. The van der Waals surface area contributed by atoms with E-state index in [4.69, 9.17) is 0 Å². The van der Waals surface area contributed by atoms with E-state index in [9.17, 15) is 14.0 Å². The largest absolute Gasteiger partial charge is 0.366 e. The third-order valence-electron chi connectivity index (χ3n) is 4.81. The predicted molar refractivity (Wildman–Crippen MR) is 107 cm³/mol. The van der Waals surface area contributed by atoms with Crippen LogP contribution in [0.2, 0.25) is 0 Å². The highest BCUT2D eigenvalue weighted by molar-refractivity contribution is 8.18. The Morgan fingerprint density at radius 3 is 2.75 bits per heavy atom. The summed E-state index contributed by atoms with van der Waals surface area (Å²) in [4.78, 5) is 32.0. The molecule has 1 aliphatic carbocycles. The van der Waals surface area contributed by atoms with Gasteiger partial charge >= 0.3 is 0 Å². The summed E-state index contributed by atoms with van der Waals surface area (Å²) < 4.78 is 14.2. The van der Waals surface area contributed by atoms with Gasteiger partial charge in [-0.25, -0.2) is 9.37 Å². The van der Waals surface area contributed by atoms with Crippen LogP contribution in [0.5, 0.6) is 0 Å². The van der Waals surface area contributed by atoms with Gasteiger partial charge in [0.15, 0.2) is 0 Å². The maximum absolute atomic E-state index is 14.2. The topological polar surface area (TPSA) is 84.0 Å². The molecule has 8 heteroatoms. The standard InChI is InChI=1S/C20H19FN4O2S/c21-15-7-6-12(8-13(15)9-17-19(26)25-20(27)28-17)16-10-22-11-18(24-16)23-14-4-2-1-3-5-14/h6-11,14H,1-5H2,(H,23,24)(H,25,26,27)/b17-9-. The highest BCUT2D eigenvalue weighted by Gasteiger charge is 2.25. The van der Waals surface area contributed by atoms with E-state index in [1.807, 2.05) is 0 Å². The van der Waals surface area contributed by atoms with Crippen LogP contribution in [0, 0.1) is 5.82 Å². The van der Waals surface area contributed by atoms with Crippen LogP contribution in [0.25, 0.3) is 17.3 Å². The number of thioether (sulfide) groups is 1. The summed E-state index contributed by atoms with van der Waals surface area (Å²) in [6.45, 7) is 0. The molecule has 2 N–H and O–H groups in total. The monoisotopic (exact) mass is 398 g/mol. The Hall–Kier alpha value is -2.74. The van der Waals surface area contributed by atoms with Gasteiger partial charge in [-0.15, -0.1) is 0 Å². The van der Waals surface area contributed by atoms with Crippen LogP contribution >= 0.6 is 11.8 Å². The average Bonchev–Trinajstić information content (AvgIpc) is 3.01. The van der Waals surface area contributed by atoms with Crippen molar-refractivity contribution in [2.24, 2.45) is 0 Å². The van der Waals surface area contributed by atoms with E-state index in [-0.39, 0.29) is 10.5 Å². The van der Waals surface area contributed by atoms with Crippen LogP contribution in [0.4, 0.5) is 15.0 Å². The zero-order valence-corrected chi connectivity index (χ0v) is 15.9. The van der Waals surface area contributed by atoms with Crippen molar-refractivity contribution < 1.29 is 14.0 Å². The van der Waals surface area contributed by atoms with Gasteiger partial charge in [0, 0.05) is 17.2 Å². The molecule has 1 aromatic carbocycles. The zero-order valence-electron chi connectivity index (χ0n) is 15.1. The molecule has 1 saturated carbocycles. The number of anilines is 1. The lowest BCUT2D eigenvalue weighted by atomic mass is 9.95. The Morgan fingerprint density at radius 2 is 2.00 bits per heavy atom. The van der Waals surface area contributed by atoms with Crippen molar-refractivity contribution >= 4 is 34.8 Å². The van der Waals surface area contributed by atoms with Crippen molar-refractivity contribution in [3.8, 4) is 11.3 Å². The summed E-state index contributed by atoms with van der Waals surface area (Å²) >= 11 is 0.758. The number of hydrogen-bond acceptors (Lipinski definition) is 6. The van der Waals surface area contributed by atoms with Crippen LogP contribution in [-0.2, 0) is 4.79 Å². The number of amides is 2. The van der Waals surface area contributed by atoms with E-state index in [0.717, 1.165) is 24.6 Å². The van der Waals surface area contributed by atoms with Crippen molar-refractivity contribution in [3.05, 3.63) is 46.9 Å². The molecule has 2 aliphatic rings. The molecule has 0 bridgehead atoms. The molecule has 0 spiro atoms. The molecule has 0 atom stereocenters. The molecule has 144 valence electrons. The maximum atomic E-state index is 14.2. The number of aromatic nitrogens is 2. The van der Waals surface area contributed by atoms with Crippen molar-refractivity contribution in [3.63, 3.8) is 0 Å². The van der Waals surface area contributed by atoms with Crippen molar-refractivity contribution in [2.45, 2.75) is 38.1 Å². The number of nitrogens with one attached hydrogen (secondary N) is 2. The molecule has 2 amide bonds. The molecule has 28 heavy (non-hydrogen) atoms. The first-order valence-electron chi connectivity index (χ1n) is 9.22. The Balaban J connectivity index is 1.59. The number of benzene rings is 1. The van der Waals surface area contributed by atoms with E-state index in [1.165, 1.54) is 31.4 Å². The van der Waals surface area contributed by atoms with Crippen molar-refractivity contribution in [1.82, 2.24) is 15.3 Å². The van der Waals surface area contributed by atoms with E-state index >= 15 is 0 Å². The molecule has 1 aliphatic heterocycles. The summed E-state index contributed by atoms with van der Waals surface area (Å²) in [5.74, 6) is -0.295. The molecule has 6 nitrogen and oxygen atoms in total. The van der Waals surface area contributed by atoms with Crippen LogP contribution in [0.15, 0.2) is 35.5 Å². The molecule has 4 rings (SSSR count). The quantitative estimate of drug-likeness (QED) is 0.745. The minimum Gasteiger partial charge on any atom is -0.366 e. The predicted octanol–water partition coefficient (Wildman–Crippen LogP) is 4.35. The van der Waals surface area contributed by atoms with Crippen LogP contribution in [-0.4, -0.2) is 27.2 Å². The fraction of sp³-hybridized carbons (Fsp3) is 0.300. The second-order valence-corrected chi connectivity index (χ2v) is 7.87. The molecule has 2 heterocycles. The number of hydrogen-bond donors (Lipinski definition) is 2. The fourth-order valence-electron chi connectivity index (χ4n) is 3.41. The van der Waals surface area contributed by atoms with Gasteiger partial charge in [-0.3, -0.25) is 19.9 Å². The maximum Gasteiger partial charge on any atom is 0.290 e. The molecule has 1 saturated heterocycles. The molecular formula is C20H19FN4O2S. The number of nitrogens with zero attached hydrogens (tertiary/aromatic N) is 2.